The van der Waals surface area contributed by atoms with Gasteiger partial charge in [0.15, 0.2) is 0 Å². The van der Waals surface area contributed by atoms with Crippen molar-refractivity contribution in [1.29, 1.82) is 0 Å². The molecule has 2 aliphatic rings. The van der Waals surface area contributed by atoms with E-state index in [1.54, 1.807) is 36.9 Å². The van der Waals surface area contributed by atoms with E-state index in [-0.39, 0.29) is 18.5 Å². The third kappa shape index (κ3) is 4.07. The van der Waals surface area contributed by atoms with Crippen LogP contribution in [0, 0.1) is 0 Å². The number of aliphatic hydroxyl groups is 1. The average Bonchev–Trinajstić information content (AvgIpc) is 2.56. The lowest BCUT2D eigenvalue weighted by molar-refractivity contribution is -0.151. The predicted molar refractivity (Wildman–Crippen MR) is 100 cm³/mol. The number of nitrogens with zero attached hydrogens (tertiary/aromatic N) is 2. The van der Waals surface area contributed by atoms with Gasteiger partial charge in [0.1, 0.15) is 17.5 Å². The van der Waals surface area contributed by atoms with E-state index in [0.29, 0.717) is 41.1 Å². The average molecular weight is 400 g/mol. The van der Waals surface area contributed by atoms with Gasteiger partial charge in [0, 0.05) is 29.6 Å². The van der Waals surface area contributed by atoms with Gasteiger partial charge in [0.25, 0.3) is 5.76 Å². The van der Waals surface area contributed by atoms with Gasteiger partial charge in [0.2, 0.25) is 5.91 Å². The number of hydrogen-bond donors (Lipinski definition) is 1. The molecule has 150 valence electrons. The first kappa shape index (κ1) is 20.4. The number of aliphatic hydroxyl groups excluding tert-OH is 1. The normalized spacial score (nSPS) is 25.7. The zero-order chi connectivity index (χ0) is 19.9. The van der Waals surface area contributed by atoms with Gasteiger partial charge in [-0.05, 0) is 45.9 Å². The van der Waals surface area contributed by atoms with Crippen LogP contribution in [0.1, 0.15) is 39.3 Å². The lowest BCUT2D eigenvalue weighted by atomic mass is 9.85. The van der Waals surface area contributed by atoms with Crippen LogP contribution in [0.3, 0.4) is 0 Å². The summed E-state index contributed by atoms with van der Waals surface area (Å²) in [5, 5.41) is 11.0. The number of alkyl halides is 2. The van der Waals surface area contributed by atoms with E-state index in [0.717, 1.165) is 0 Å². The SMILES string of the molecule is CC(C)N1CCN([C@@H]2c3cc(SC(F)F)ccc3OC(C)(C)[C@H]2O)C(=O)C1. The van der Waals surface area contributed by atoms with Crippen molar-refractivity contribution in [2.75, 3.05) is 19.6 Å². The molecule has 5 nitrogen and oxygen atoms in total. The van der Waals surface area contributed by atoms with Crippen molar-refractivity contribution in [2.45, 2.75) is 62.1 Å². The zero-order valence-corrected chi connectivity index (χ0v) is 16.8. The molecule has 0 spiro atoms. The highest BCUT2D eigenvalue weighted by Gasteiger charge is 2.47. The Morgan fingerprint density at radius 1 is 1.30 bits per heavy atom. The highest BCUT2D eigenvalue weighted by atomic mass is 32.2. The van der Waals surface area contributed by atoms with Crippen molar-refractivity contribution in [3.63, 3.8) is 0 Å². The quantitative estimate of drug-likeness (QED) is 0.787. The van der Waals surface area contributed by atoms with E-state index in [1.165, 1.54) is 0 Å². The summed E-state index contributed by atoms with van der Waals surface area (Å²) in [6.07, 6.45) is -0.966. The van der Waals surface area contributed by atoms with Crippen molar-refractivity contribution in [3.05, 3.63) is 23.8 Å². The number of halogens is 2. The van der Waals surface area contributed by atoms with Crippen molar-refractivity contribution >= 4 is 17.7 Å². The summed E-state index contributed by atoms with van der Waals surface area (Å²) < 4.78 is 31.5. The summed E-state index contributed by atoms with van der Waals surface area (Å²) in [5.74, 6) is -2.09. The van der Waals surface area contributed by atoms with E-state index < -0.39 is 23.5 Å². The molecule has 8 heteroatoms. The summed E-state index contributed by atoms with van der Waals surface area (Å²) in [5.41, 5.74) is -0.316. The fourth-order valence-corrected chi connectivity index (χ4v) is 4.25. The fraction of sp³-hybridized carbons (Fsp3) is 0.632. The van der Waals surface area contributed by atoms with Crippen LogP contribution in [0.15, 0.2) is 23.1 Å². The standard InChI is InChI=1S/C19H26F2N2O3S/c1-11(2)22-7-8-23(15(24)10-22)16-13-9-12(27-18(20)21)5-6-14(13)26-19(3,4)17(16)25/h5-6,9,11,16-18,25H,7-8,10H2,1-4H3/t16-,17+/m1/s1. The monoisotopic (exact) mass is 400 g/mol. The van der Waals surface area contributed by atoms with E-state index >= 15 is 0 Å². The number of hydrogen-bond acceptors (Lipinski definition) is 5. The molecule has 0 unspecified atom stereocenters. The molecule has 1 aromatic carbocycles. The maximum Gasteiger partial charge on any atom is 0.288 e. The summed E-state index contributed by atoms with van der Waals surface area (Å²) in [4.78, 5) is 17.0. The van der Waals surface area contributed by atoms with E-state index in [4.69, 9.17) is 4.74 Å². The molecule has 1 fully saturated rings. The van der Waals surface area contributed by atoms with Gasteiger partial charge in [-0.2, -0.15) is 8.78 Å². The van der Waals surface area contributed by atoms with Crippen molar-refractivity contribution in [3.8, 4) is 5.75 Å². The molecule has 0 bridgehead atoms. The molecule has 0 saturated carbocycles. The highest BCUT2D eigenvalue weighted by Crippen LogP contribution is 2.45. The molecular formula is C19H26F2N2O3S. The van der Waals surface area contributed by atoms with Gasteiger partial charge in [-0.3, -0.25) is 9.69 Å². The molecule has 1 N–H and O–H groups in total. The Morgan fingerprint density at radius 3 is 2.59 bits per heavy atom. The minimum absolute atomic E-state index is 0.0745. The van der Waals surface area contributed by atoms with Crippen molar-refractivity contribution < 1.29 is 23.4 Å². The number of benzene rings is 1. The molecule has 1 saturated heterocycles. The number of carbonyl (C=O) groups excluding carboxylic acids is 1. The number of carbonyl (C=O) groups is 1. The maximum atomic E-state index is 12.8. The minimum atomic E-state index is -2.54. The predicted octanol–water partition coefficient (Wildman–Crippen LogP) is 3.13. The second kappa shape index (κ2) is 7.56. The third-order valence-corrected chi connectivity index (χ3v) is 5.97. The lowest BCUT2D eigenvalue weighted by Gasteiger charge is -2.48. The molecule has 2 heterocycles. The first-order valence-corrected chi connectivity index (χ1v) is 9.97. The van der Waals surface area contributed by atoms with Crippen LogP contribution in [0.25, 0.3) is 0 Å². The van der Waals surface area contributed by atoms with Crippen LogP contribution in [-0.4, -0.2) is 64.0 Å². The summed E-state index contributed by atoms with van der Waals surface area (Å²) in [6.45, 7) is 9.07. The minimum Gasteiger partial charge on any atom is -0.485 e. The van der Waals surface area contributed by atoms with Crippen LogP contribution < -0.4 is 4.74 Å². The molecule has 0 radical (unpaired) electrons. The summed E-state index contributed by atoms with van der Waals surface area (Å²) in [6, 6.07) is 4.48. The summed E-state index contributed by atoms with van der Waals surface area (Å²) >= 11 is 0.444. The Kier molecular flexibility index (Phi) is 5.70. The fourth-order valence-electron chi connectivity index (χ4n) is 3.70. The molecule has 3 rings (SSSR count). The number of piperazine rings is 1. The first-order chi connectivity index (χ1) is 12.6. The molecule has 0 aromatic heterocycles. The van der Waals surface area contributed by atoms with E-state index in [9.17, 15) is 18.7 Å². The second-order valence-corrected chi connectivity index (χ2v) is 8.89. The zero-order valence-electron chi connectivity index (χ0n) is 16.0. The van der Waals surface area contributed by atoms with Gasteiger partial charge in [-0.25, -0.2) is 0 Å². The number of rotatable bonds is 4. The van der Waals surface area contributed by atoms with Crippen LogP contribution >= 0.6 is 11.8 Å². The van der Waals surface area contributed by atoms with Gasteiger partial charge in [0.05, 0.1) is 12.6 Å². The number of fused-ring (bicyclic) bond motifs is 1. The largest absolute Gasteiger partial charge is 0.485 e. The molecule has 1 aromatic rings. The Morgan fingerprint density at radius 2 is 2.00 bits per heavy atom. The van der Waals surface area contributed by atoms with Gasteiger partial charge in [-0.15, -0.1) is 0 Å². The molecule has 2 aliphatic heterocycles. The Labute approximate surface area is 162 Å². The molecular weight excluding hydrogens is 374 g/mol. The van der Waals surface area contributed by atoms with Gasteiger partial charge >= 0.3 is 0 Å². The third-order valence-electron chi connectivity index (χ3n) is 5.26. The number of ether oxygens (including phenoxy) is 1. The van der Waals surface area contributed by atoms with Crippen LogP contribution in [0.4, 0.5) is 8.78 Å². The Hall–Kier alpha value is -1.38. The lowest BCUT2D eigenvalue weighted by Crippen LogP contribution is -2.59. The number of amides is 1. The topological polar surface area (TPSA) is 53.0 Å². The van der Waals surface area contributed by atoms with Crippen LogP contribution in [0.5, 0.6) is 5.75 Å². The van der Waals surface area contributed by atoms with Gasteiger partial charge in [-0.1, -0.05) is 11.8 Å². The number of thioether (sulfide) groups is 1. The van der Waals surface area contributed by atoms with Crippen LogP contribution in [-0.2, 0) is 4.79 Å². The molecule has 27 heavy (non-hydrogen) atoms. The Balaban J connectivity index is 1.97. The maximum absolute atomic E-state index is 12.8. The van der Waals surface area contributed by atoms with Crippen molar-refractivity contribution in [1.82, 2.24) is 9.80 Å². The van der Waals surface area contributed by atoms with E-state index in [1.807, 2.05) is 13.8 Å². The van der Waals surface area contributed by atoms with Crippen molar-refractivity contribution in [2.24, 2.45) is 0 Å². The molecule has 0 aliphatic carbocycles. The first-order valence-electron chi connectivity index (χ1n) is 9.09. The summed E-state index contributed by atoms with van der Waals surface area (Å²) in [7, 11) is 0. The molecule has 2 atom stereocenters. The van der Waals surface area contributed by atoms with Gasteiger partial charge < -0.3 is 14.7 Å². The highest BCUT2D eigenvalue weighted by molar-refractivity contribution is 7.99. The molecule has 1 amide bonds. The smallest absolute Gasteiger partial charge is 0.288 e. The van der Waals surface area contributed by atoms with E-state index in [2.05, 4.69) is 4.90 Å². The van der Waals surface area contributed by atoms with Crippen LogP contribution in [0.2, 0.25) is 0 Å². The second-order valence-electron chi connectivity index (χ2n) is 7.82. The Bertz CT molecular complexity index is 714.